The molecule has 3 N–H and O–H groups in total. The molecule has 4 aromatic rings. The fourth-order valence-corrected chi connectivity index (χ4v) is 2.71. The van der Waals surface area contributed by atoms with Gasteiger partial charge in [-0.1, -0.05) is 11.8 Å². The van der Waals surface area contributed by atoms with Crippen molar-refractivity contribution in [3.63, 3.8) is 0 Å². The molecule has 0 aliphatic carbocycles. The molecule has 8 heteroatoms. The molecule has 0 spiro atoms. The van der Waals surface area contributed by atoms with Gasteiger partial charge in [0.2, 0.25) is 0 Å². The number of thioether (sulfide) groups is 1. The minimum Gasteiger partial charge on any atom is -0.463 e. The highest BCUT2D eigenvalue weighted by Gasteiger charge is 2.17. The van der Waals surface area contributed by atoms with Crippen LogP contribution in [-0.4, -0.2) is 31.4 Å². The summed E-state index contributed by atoms with van der Waals surface area (Å²) in [6.45, 7) is 0. The summed E-state index contributed by atoms with van der Waals surface area (Å²) in [5, 5.41) is 8.27. The van der Waals surface area contributed by atoms with Crippen LogP contribution in [0.5, 0.6) is 0 Å². The van der Waals surface area contributed by atoms with Crippen LogP contribution < -0.4 is 5.73 Å². The van der Waals surface area contributed by atoms with Crippen molar-refractivity contribution in [3.05, 3.63) is 36.7 Å². The second-order valence-electron chi connectivity index (χ2n) is 4.80. The van der Waals surface area contributed by atoms with Gasteiger partial charge in [-0.3, -0.25) is 5.10 Å². The normalized spacial score (nSPS) is 11.2. The van der Waals surface area contributed by atoms with Gasteiger partial charge in [0.25, 0.3) is 0 Å². The van der Waals surface area contributed by atoms with Gasteiger partial charge in [-0.2, -0.15) is 5.10 Å². The van der Waals surface area contributed by atoms with Crippen LogP contribution in [0.3, 0.4) is 0 Å². The van der Waals surface area contributed by atoms with E-state index in [1.165, 1.54) is 11.8 Å². The largest absolute Gasteiger partial charge is 0.463 e. The van der Waals surface area contributed by atoms with E-state index in [0.717, 1.165) is 16.6 Å². The average Bonchev–Trinajstić information content (AvgIpc) is 3.24. The number of pyridine rings is 1. The van der Waals surface area contributed by atoms with E-state index in [9.17, 15) is 0 Å². The maximum absolute atomic E-state index is 5.91. The number of aromatic nitrogens is 5. The number of hydrogen-bond donors (Lipinski definition) is 2. The van der Waals surface area contributed by atoms with Crippen LogP contribution >= 0.6 is 11.8 Å². The first-order chi connectivity index (χ1) is 11.3. The van der Waals surface area contributed by atoms with Crippen LogP contribution in [-0.2, 0) is 0 Å². The van der Waals surface area contributed by atoms with Gasteiger partial charge in [-0.25, -0.2) is 15.0 Å². The molecule has 0 unspecified atom stereocenters. The number of hydrogen-bond acceptors (Lipinski definition) is 7. The summed E-state index contributed by atoms with van der Waals surface area (Å²) in [6.07, 6.45) is 5.27. The minimum absolute atomic E-state index is 0.402. The summed E-state index contributed by atoms with van der Waals surface area (Å²) >= 11 is 1.48. The molecule has 0 saturated carbocycles. The Balaban J connectivity index is 2.02. The Morgan fingerprint density at radius 1 is 1.26 bits per heavy atom. The standard InChI is InChI=1S/C15H12N6OS/c1-23-15-17-5-4-10(18-15)8-7-9-13(16)20-21-14(9)19-12(8)11-3-2-6-22-11/h2-7H,1H3,(H3,16,19,20,21). The Labute approximate surface area is 135 Å². The summed E-state index contributed by atoms with van der Waals surface area (Å²) in [5.74, 6) is 1.05. The summed E-state index contributed by atoms with van der Waals surface area (Å²) in [6, 6.07) is 7.43. The maximum Gasteiger partial charge on any atom is 0.187 e. The van der Waals surface area contributed by atoms with E-state index in [-0.39, 0.29) is 0 Å². The molecule has 0 fully saturated rings. The topological polar surface area (TPSA) is 107 Å². The van der Waals surface area contributed by atoms with Crippen molar-refractivity contribution >= 4 is 28.6 Å². The third-order valence-corrected chi connectivity index (χ3v) is 3.99. The summed E-state index contributed by atoms with van der Waals surface area (Å²) in [7, 11) is 0. The van der Waals surface area contributed by atoms with E-state index < -0.39 is 0 Å². The Kier molecular flexibility index (Phi) is 3.23. The van der Waals surface area contributed by atoms with Crippen molar-refractivity contribution < 1.29 is 4.42 Å². The zero-order valence-corrected chi connectivity index (χ0v) is 13.0. The Morgan fingerprint density at radius 3 is 2.96 bits per heavy atom. The first-order valence-corrected chi connectivity index (χ1v) is 8.04. The molecule has 0 aromatic carbocycles. The number of anilines is 1. The molecule has 4 aromatic heterocycles. The van der Waals surface area contributed by atoms with E-state index in [0.29, 0.717) is 28.1 Å². The number of furan rings is 1. The van der Waals surface area contributed by atoms with Crippen LogP contribution in [0, 0.1) is 0 Å². The average molecular weight is 324 g/mol. The fraction of sp³-hybridized carbons (Fsp3) is 0.0667. The molecule has 0 atom stereocenters. The summed E-state index contributed by atoms with van der Waals surface area (Å²) < 4.78 is 5.52. The summed E-state index contributed by atoms with van der Waals surface area (Å²) in [5.41, 5.74) is 8.76. The number of H-pyrrole nitrogens is 1. The second-order valence-corrected chi connectivity index (χ2v) is 5.57. The molecular formula is C15H12N6OS. The van der Waals surface area contributed by atoms with Crippen LogP contribution in [0.2, 0.25) is 0 Å². The maximum atomic E-state index is 5.91. The Bertz CT molecular complexity index is 979. The number of aromatic amines is 1. The quantitative estimate of drug-likeness (QED) is 0.440. The van der Waals surface area contributed by atoms with Crippen molar-refractivity contribution in [1.82, 2.24) is 25.1 Å². The van der Waals surface area contributed by atoms with E-state index in [2.05, 4.69) is 25.1 Å². The van der Waals surface area contributed by atoms with Crippen molar-refractivity contribution in [2.75, 3.05) is 12.0 Å². The molecule has 114 valence electrons. The van der Waals surface area contributed by atoms with Crippen LogP contribution in [0.1, 0.15) is 0 Å². The van der Waals surface area contributed by atoms with E-state index >= 15 is 0 Å². The van der Waals surface area contributed by atoms with Crippen molar-refractivity contribution in [3.8, 4) is 22.7 Å². The lowest BCUT2D eigenvalue weighted by Crippen LogP contribution is -1.94. The highest BCUT2D eigenvalue weighted by atomic mass is 32.2. The van der Waals surface area contributed by atoms with Crippen LogP contribution in [0.4, 0.5) is 5.82 Å². The van der Waals surface area contributed by atoms with Gasteiger partial charge in [0, 0.05) is 11.8 Å². The van der Waals surface area contributed by atoms with Gasteiger partial charge >= 0.3 is 0 Å². The highest BCUT2D eigenvalue weighted by molar-refractivity contribution is 7.98. The molecule has 23 heavy (non-hydrogen) atoms. The highest BCUT2D eigenvalue weighted by Crippen LogP contribution is 2.33. The summed E-state index contributed by atoms with van der Waals surface area (Å²) in [4.78, 5) is 13.4. The van der Waals surface area contributed by atoms with E-state index in [1.54, 1.807) is 12.5 Å². The number of nitrogens with two attached hydrogens (primary N) is 1. The van der Waals surface area contributed by atoms with Gasteiger partial charge in [-0.05, 0) is 30.5 Å². The second kappa shape index (κ2) is 5.40. The number of nitrogens with one attached hydrogen (secondary N) is 1. The van der Waals surface area contributed by atoms with Gasteiger partial charge in [0.1, 0.15) is 5.69 Å². The number of fused-ring (bicyclic) bond motifs is 1. The third-order valence-electron chi connectivity index (χ3n) is 3.43. The van der Waals surface area contributed by atoms with Crippen LogP contribution in [0.15, 0.2) is 46.3 Å². The first-order valence-electron chi connectivity index (χ1n) is 6.82. The Hall–Kier alpha value is -2.87. The fourth-order valence-electron chi connectivity index (χ4n) is 2.35. The van der Waals surface area contributed by atoms with Crippen molar-refractivity contribution in [1.29, 1.82) is 0 Å². The smallest absolute Gasteiger partial charge is 0.187 e. The molecule has 0 radical (unpaired) electrons. The van der Waals surface area contributed by atoms with Crippen molar-refractivity contribution in [2.45, 2.75) is 5.16 Å². The van der Waals surface area contributed by atoms with Crippen molar-refractivity contribution in [2.24, 2.45) is 0 Å². The molecule has 4 heterocycles. The van der Waals surface area contributed by atoms with Gasteiger partial charge in [0.05, 0.1) is 17.3 Å². The Morgan fingerprint density at radius 2 is 2.17 bits per heavy atom. The SMILES string of the molecule is CSc1nccc(-c2cc3c(N)n[nH]c3nc2-c2ccco2)n1. The molecular weight excluding hydrogens is 312 g/mol. The number of nitrogens with zero attached hydrogens (tertiary/aromatic N) is 4. The molecule has 4 rings (SSSR count). The lowest BCUT2D eigenvalue weighted by atomic mass is 10.1. The minimum atomic E-state index is 0.402. The lowest BCUT2D eigenvalue weighted by molar-refractivity contribution is 0.580. The first kappa shape index (κ1) is 13.8. The van der Waals surface area contributed by atoms with E-state index in [4.69, 9.17) is 10.2 Å². The molecule has 0 aliphatic heterocycles. The van der Waals surface area contributed by atoms with Gasteiger partial charge < -0.3 is 10.2 Å². The molecule has 7 nitrogen and oxygen atoms in total. The number of rotatable bonds is 3. The molecule has 0 amide bonds. The molecule has 0 saturated heterocycles. The third kappa shape index (κ3) is 2.33. The molecule has 0 bridgehead atoms. The van der Waals surface area contributed by atoms with Gasteiger partial charge in [-0.15, -0.1) is 0 Å². The zero-order valence-electron chi connectivity index (χ0n) is 12.1. The monoisotopic (exact) mass is 324 g/mol. The van der Waals surface area contributed by atoms with E-state index in [1.807, 2.05) is 30.5 Å². The number of nitrogen functional groups attached to an aromatic ring is 1. The predicted molar refractivity (Wildman–Crippen MR) is 88.8 cm³/mol. The zero-order chi connectivity index (χ0) is 15.8. The lowest BCUT2D eigenvalue weighted by Gasteiger charge is -2.07. The predicted octanol–water partition coefficient (Wildman–Crippen LogP) is 2.98. The molecule has 0 aliphatic rings. The van der Waals surface area contributed by atoms with Crippen LogP contribution in [0.25, 0.3) is 33.7 Å². The van der Waals surface area contributed by atoms with Gasteiger partial charge in [0.15, 0.2) is 22.4 Å².